The first-order chi connectivity index (χ1) is 6.12. The molecule has 0 aromatic carbocycles. The molecule has 0 amide bonds. The van der Waals surface area contributed by atoms with Crippen LogP contribution in [0, 0.1) is 5.41 Å². The Morgan fingerprint density at radius 2 is 1.31 bits per heavy atom. The molecule has 0 atom stereocenters. The summed E-state index contributed by atoms with van der Waals surface area (Å²) in [6.45, 7) is 8.43. The van der Waals surface area contributed by atoms with Crippen molar-refractivity contribution in [1.82, 2.24) is 0 Å². The Hall–Kier alpha value is -1.04. The van der Waals surface area contributed by atoms with Crippen molar-refractivity contribution in [2.24, 2.45) is 5.41 Å². The molecule has 0 rings (SSSR count). The predicted molar refractivity (Wildman–Crippen MR) is 61.7 cm³/mol. The van der Waals surface area contributed by atoms with Gasteiger partial charge in [-0.05, 0) is 13.8 Å². The third-order valence-electron chi connectivity index (χ3n) is 1.65. The maximum Gasteiger partial charge on any atom is 0.000741 e. The Bertz CT molecular complexity index is 224. The van der Waals surface area contributed by atoms with Crippen molar-refractivity contribution in [3.63, 3.8) is 0 Å². The second-order valence-corrected chi connectivity index (χ2v) is 3.59. The normalized spacial score (nSPS) is 14.5. The van der Waals surface area contributed by atoms with Gasteiger partial charge >= 0.3 is 0 Å². The molecule has 0 N–H and O–H groups in total. The van der Waals surface area contributed by atoms with Crippen molar-refractivity contribution in [2.45, 2.75) is 27.7 Å². The first-order valence-corrected chi connectivity index (χ1v) is 4.73. The molecule has 0 radical (unpaired) electrons. The fourth-order valence-electron chi connectivity index (χ4n) is 1.03. The van der Waals surface area contributed by atoms with E-state index in [0.717, 1.165) is 0 Å². The maximum absolute atomic E-state index is 2.19. The summed E-state index contributed by atoms with van der Waals surface area (Å²) in [5.74, 6) is 0. The fraction of sp³-hybridized carbons (Fsp3) is 0.385. The highest BCUT2D eigenvalue weighted by Gasteiger charge is 2.06. The third kappa shape index (κ3) is 7.32. The van der Waals surface area contributed by atoms with E-state index in [1.807, 2.05) is 38.2 Å². The minimum atomic E-state index is 0.162. The molecular weight excluding hydrogens is 156 g/mol. The largest absolute Gasteiger partial charge is 0.0908 e. The molecule has 0 heteroatoms. The van der Waals surface area contributed by atoms with E-state index < -0.39 is 0 Å². The molecule has 0 aliphatic heterocycles. The zero-order valence-corrected chi connectivity index (χ0v) is 9.12. The second-order valence-electron chi connectivity index (χ2n) is 3.59. The van der Waals surface area contributed by atoms with Crippen molar-refractivity contribution in [3.8, 4) is 0 Å². The Labute approximate surface area is 82.4 Å². The van der Waals surface area contributed by atoms with Gasteiger partial charge in [0.15, 0.2) is 0 Å². The Kier molecular flexibility index (Phi) is 5.96. The van der Waals surface area contributed by atoms with Gasteiger partial charge in [-0.3, -0.25) is 0 Å². The highest BCUT2D eigenvalue weighted by atomic mass is 14.1. The van der Waals surface area contributed by atoms with E-state index in [9.17, 15) is 0 Å². The Morgan fingerprint density at radius 1 is 0.692 bits per heavy atom. The first-order valence-electron chi connectivity index (χ1n) is 4.73. The third-order valence-corrected chi connectivity index (χ3v) is 1.65. The van der Waals surface area contributed by atoms with Crippen LogP contribution in [0.4, 0.5) is 0 Å². The number of hydrogen-bond donors (Lipinski definition) is 0. The van der Waals surface area contributed by atoms with Crippen LogP contribution in [0.3, 0.4) is 0 Å². The molecule has 0 aromatic rings. The lowest BCUT2D eigenvalue weighted by atomic mass is 9.92. The standard InChI is InChI=1S/C13H20/c1-5-7-8-9-10-12-13(3,4)11-6-2/h5-12H,1-4H3. The number of allylic oxidation sites excluding steroid dienone is 8. The van der Waals surface area contributed by atoms with Crippen LogP contribution in [0.15, 0.2) is 48.6 Å². The van der Waals surface area contributed by atoms with Crippen molar-refractivity contribution >= 4 is 0 Å². The molecule has 0 nitrogen and oxygen atoms in total. The lowest BCUT2D eigenvalue weighted by molar-refractivity contribution is 0.625. The molecule has 72 valence electrons. The monoisotopic (exact) mass is 176 g/mol. The van der Waals surface area contributed by atoms with Gasteiger partial charge < -0.3 is 0 Å². The van der Waals surface area contributed by atoms with Crippen LogP contribution in [0.1, 0.15) is 27.7 Å². The zero-order chi connectivity index (χ0) is 10.2. The number of rotatable bonds is 4. The molecule has 0 spiro atoms. The van der Waals surface area contributed by atoms with Crippen molar-refractivity contribution in [1.29, 1.82) is 0 Å². The molecule has 0 heterocycles. The molecule has 0 bridgehead atoms. The van der Waals surface area contributed by atoms with E-state index >= 15 is 0 Å². The minimum absolute atomic E-state index is 0.162. The van der Waals surface area contributed by atoms with E-state index in [1.165, 1.54) is 0 Å². The summed E-state index contributed by atoms with van der Waals surface area (Å²) in [6.07, 6.45) is 16.7. The molecular formula is C13H20. The summed E-state index contributed by atoms with van der Waals surface area (Å²) in [5.41, 5.74) is 0.162. The van der Waals surface area contributed by atoms with Gasteiger partial charge in [0.05, 0.1) is 0 Å². The van der Waals surface area contributed by atoms with Crippen LogP contribution in [0.5, 0.6) is 0 Å². The average Bonchev–Trinajstić information content (AvgIpc) is 2.04. The first kappa shape index (κ1) is 12.0. The molecule has 13 heavy (non-hydrogen) atoms. The molecule has 0 aliphatic rings. The van der Waals surface area contributed by atoms with Crippen LogP contribution in [-0.2, 0) is 0 Å². The van der Waals surface area contributed by atoms with Gasteiger partial charge in [0.2, 0.25) is 0 Å². The van der Waals surface area contributed by atoms with Crippen LogP contribution in [0.2, 0.25) is 0 Å². The average molecular weight is 176 g/mol. The minimum Gasteiger partial charge on any atom is -0.0908 e. The van der Waals surface area contributed by atoms with E-state index in [0.29, 0.717) is 0 Å². The molecule has 0 saturated carbocycles. The van der Waals surface area contributed by atoms with Gasteiger partial charge in [-0.25, -0.2) is 0 Å². The van der Waals surface area contributed by atoms with E-state index in [-0.39, 0.29) is 5.41 Å². The SMILES string of the molecule is CC=CC=CC=CC(C)(C)C=CC. The predicted octanol–water partition coefficient (Wildman–Crippen LogP) is 4.28. The maximum atomic E-state index is 2.19. The summed E-state index contributed by atoms with van der Waals surface area (Å²) < 4.78 is 0. The quantitative estimate of drug-likeness (QED) is 0.443. The zero-order valence-electron chi connectivity index (χ0n) is 9.12. The fourth-order valence-corrected chi connectivity index (χ4v) is 1.03. The van der Waals surface area contributed by atoms with Crippen molar-refractivity contribution in [2.75, 3.05) is 0 Å². The molecule has 0 aliphatic carbocycles. The molecule has 0 saturated heterocycles. The lowest BCUT2D eigenvalue weighted by Crippen LogP contribution is -2.00. The topological polar surface area (TPSA) is 0 Å². The van der Waals surface area contributed by atoms with Gasteiger partial charge in [0.1, 0.15) is 0 Å². The van der Waals surface area contributed by atoms with Crippen LogP contribution >= 0.6 is 0 Å². The number of hydrogen-bond acceptors (Lipinski definition) is 0. The summed E-state index contributed by atoms with van der Waals surface area (Å²) in [5, 5.41) is 0. The van der Waals surface area contributed by atoms with Crippen molar-refractivity contribution < 1.29 is 0 Å². The van der Waals surface area contributed by atoms with Gasteiger partial charge in [-0.1, -0.05) is 62.5 Å². The lowest BCUT2D eigenvalue weighted by Gasteiger charge is -2.13. The van der Waals surface area contributed by atoms with E-state index in [2.05, 4.69) is 38.2 Å². The molecule has 0 aromatic heterocycles. The van der Waals surface area contributed by atoms with Gasteiger partial charge in [0, 0.05) is 5.41 Å². The van der Waals surface area contributed by atoms with Gasteiger partial charge in [-0.15, -0.1) is 0 Å². The van der Waals surface area contributed by atoms with Crippen LogP contribution in [-0.4, -0.2) is 0 Å². The molecule has 0 unspecified atom stereocenters. The highest BCUT2D eigenvalue weighted by molar-refractivity contribution is 5.15. The van der Waals surface area contributed by atoms with Gasteiger partial charge in [-0.2, -0.15) is 0 Å². The van der Waals surface area contributed by atoms with E-state index in [4.69, 9.17) is 0 Å². The second kappa shape index (κ2) is 6.47. The molecule has 0 fully saturated rings. The Morgan fingerprint density at radius 3 is 1.85 bits per heavy atom. The summed E-state index contributed by atoms with van der Waals surface area (Å²) in [4.78, 5) is 0. The summed E-state index contributed by atoms with van der Waals surface area (Å²) in [6, 6.07) is 0. The summed E-state index contributed by atoms with van der Waals surface area (Å²) in [7, 11) is 0. The van der Waals surface area contributed by atoms with Crippen LogP contribution < -0.4 is 0 Å². The Balaban J connectivity index is 4.10. The summed E-state index contributed by atoms with van der Waals surface area (Å²) >= 11 is 0. The van der Waals surface area contributed by atoms with Crippen LogP contribution in [0.25, 0.3) is 0 Å². The van der Waals surface area contributed by atoms with Crippen molar-refractivity contribution in [3.05, 3.63) is 48.6 Å². The smallest absolute Gasteiger partial charge is 0.000741 e. The highest BCUT2D eigenvalue weighted by Crippen LogP contribution is 2.18. The van der Waals surface area contributed by atoms with E-state index in [1.54, 1.807) is 0 Å². The van der Waals surface area contributed by atoms with Gasteiger partial charge in [0.25, 0.3) is 0 Å².